The summed E-state index contributed by atoms with van der Waals surface area (Å²) < 4.78 is 24.2. The van der Waals surface area contributed by atoms with Crippen molar-refractivity contribution in [1.82, 2.24) is 9.62 Å². The zero-order valence-electron chi connectivity index (χ0n) is 12.8. The highest BCUT2D eigenvalue weighted by Gasteiger charge is 2.27. The number of rotatable bonds is 4. The first-order valence-corrected chi connectivity index (χ1v) is 8.85. The molecule has 1 unspecified atom stereocenters. The third-order valence-corrected chi connectivity index (χ3v) is 5.11. The van der Waals surface area contributed by atoms with Crippen molar-refractivity contribution in [2.75, 3.05) is 19.3 Å². The van der Waals surface area contributed by atoms with Crippen molar-refractivity contribution in [3.05, 3.63) is 0 Å². The highest BCUT2D eigenvalue weighted by Crippen LogP contribution is 2.20. The summed E-state index contributed by atoms with van der Waals surface area (Å²) in [5, 5.41) is 2.95. The molecule has 0 aromatic heterocycles. The van der Waals surface area contributed by atoms with Gasteiger partial charge < -0.3 is 11.1 Å². The molecule has 0 aromatic carbocycles. The molecule has 0 spiro atoms. The number of nitrogens with zero attached hydrogens (tertiary/aromatic N) is 1. The molecule has 1 heterocycles. The number of amides is 1. The Morgan fingerprint density at radius 1 is 1.35 bits per heavy atom. The lowest BCUT2D eigenvalue weighted by Gasteiger charge is -2.32. The van der Waals surface area contributed by atoms with Gasteiger partial charge in [0.15, 0.2) is 0 Å². The molecule has 1 aliphatic heterocycles. The average Bonchev–Trinajstić information content (AvgIpc) is 2.26. The summed E-state index contributed by atoms with van der Waals surface area (Å²) in [7, 11) is -3.12. The topological polar surface area (TPSA) is 92.5 Å². The van der Waals surface area contributed by atoms with Crippen molar-refractivity contribution in [3.63, 3.8) is 0 Å². The SMILES string of the molecule is CC(C)(C)C(N)CC(=O)NC1CCN(S(C)(=O)=O)CC1. The largest absolute Gasteiger partial charge is 0.353 e. The van der Waals surface area contributed by atoms with Crippen LogP contribution in [0.4, 0.5) is 0 Å². The van der Waals surface area contributed by atoms with Crippen molar-refractivity contribution >= 4 is 15.9 Å². The van der Waals surface area contributed by atoms with Gasteiger partial charge in [0.1, 0.15) is 0 Å². The fourth-order valence-electron chi connectivity index (χ4n) is 2.12. The summed E-state index contributed by atoms with van der Waals surface area (Å²) in [6.45, 7) is 6.96. The molecule has 0 bridgehead atoms. The molecule has 7 heteroatoms. The molecule has 0 aliphatic carbocycles. The molecule has 0 aromatic rings. The molecule has 20 heavy (non-hydrogen) atoms. The van der Waals surface area contributed by atoms with E-state index in [2.05, 4.69) is 5.32 Å². The van der Waals surface area contributed by atoms with Crippen LogP contribution in [0.15, 0.2) is 0 Å². The second-order valence-corrected chi connectivity index (χ2v) is 8.66. The summed E-state index contributed by atoms with van der Waals surface area (Å²) in [6, 6.07) is -0.133. The van der Waals surface area contributed by atoms with Gasteiger partial charge in [-0.2, -0.15) is 0 Å². The van der Waals surface area contributed by atoms with Crippen molar-refractivity contribution in [2.45, 2.75) is 52.1 Å². The Balaban J connectivity index is 2.39. The minimum atomic E-state index is -3.12. The summed E-state index contributed by atoms with van der Waals surface area (Å²) in [6.07, 6.45) is 2.83. The molecule has 1 rings (SSSR count). The highest BCUT2D eigenvalue weighted by molar-refractivity contribution is 7.88. The van der Waals surface area contributed by atoms with E-state index >= 15 is 0 Å². The smallest absolute Gasteiger partial charge is 0.221 e. The van der Waals surface area contributed by atoms with E-state index < -0.39 is 10.0 Å². The number of nitrogens with two attached hydrogens (primary N) is 1. The monoisotopic (exact) mass is 305 g/mol. The minimum absolute atomic E-state index is 0.0488. The van der Waals surface area contributed by atoms with Gasteiger partial charge in [-0.05, 0) is 18.3 Å². The average molecular weight is 305 g/mol. The van der Waals surface area contributed by atoms with Gasteiger partial charge in [-0.15, -0.1) is 0 Å². The van der Waals surface area contributed by atoms with Crippen LogP contribution in [0, 0.1) is 5.41 Å². The predicted octanol–water partition coefficient (Wildman–Crippen LogP) is 0.290. The molecule has 1 atom stereocenters. The van der Waals surface area contributed by atoms with Gasteiger partial charge >= 0.3 is 0 Å². The van der Waals surface area contributed by atoms with Gasteiger partial charge in [-0.3, -0.25) is 4.79 Å². The lowest BCUT2D eigenvalue weighted by Crippen LogP contribution is -2.48. The van der Waals surface area contributed by atoms with Crippen LogP contribution in [0.3, 0.4) is 0 Å². The molecule has 6 nitrogen and oxygen atoms in total. The highest BCUT2D eigenvalue weighted by atomic mass is 32.2. The molecule has 1 aliphatic rings. The molecule has 1 fully saturated rings. The van der Waals surface area contributed by atoms with Crippen LogP contribution in [0.1, 0.15) is 40.0 Å². The van der Waals surface area contributed by atoms with Crippen LogP contribution < -0.4 is 11.1 Å². The first kappa shape index (κ1) is 17.4. The first-order chi connectivity index (χ1) is 9.00. The van der Waals surface area contributed by atoms with Crippen LogP contribution in [-0.2, 0) is 14.8 Å². The zero-order valence-corrected chi connectivity index (χ0v) is 13.7. The van der Waals surface area contributed by atoms with Gasteiger partial charge in [-0.25, -0.2) is 12.7 Å². The normalized spacial score (nSPS) is 20.6. The quantitative estimate of drug-likeness (QED) is 0.781. The Bertz CT molecular complexity index is 434. The van der Waals surface area contributed by atoms with Crippen LogP contribution in [-0.4, -0.2) is 50.1 Å². The molecule has 118 valence electrons. The van der Waals surface area contributed by atoms with Crippen LogP contribution in [0.2, 0.25) is 0 Å². The number of hydrogen-bond donors (Lipinski definition) is 2. The molecule has 1 saturated heterocycles. The maximum atomic E-state index is 11.9. The van der Waals surface area contributed by atoms with Crippen molar-refractivity contribution < 1.29 is 13.2 Å². The number of hydrogen-bond acceptors (Lipinski definition) is 4. The fraction of sp³-hybridized carbons (Fsp3) is 0.923. The standard InChI is InChI=1S/C13H27N3O3S/c1-13(2,3)11(14)9-12(17)15-10-5-7-16(8-6-10)20(4,18)19/h10-11H,5-9,14H2,1-4H3,(H,15,17). The van der Waals surface area contributed by atoms with Gasteiger partial charge in [0.25, 0.3) is 0 Å². The Morgan fingerprint density at radius 3 is 2.25 bits per heavy atom. The molecule has 3 N–H and O–H groups in total. The van der Waals surface area contributed by atoms with Crippen LogP contribution >= 0.6 is 0 Å². The Hall–Kier alpha value is -0.660. The molecule has 0 radical (unpaired) electrons. The summed E-state index contributed by atoms with van der Waals surface area (Å²) in [4.78, 5) is 11.9. The van der Waals surface area contributed by atoms with E-state index in [1.165, 1.54) is 10.6 Å². The fourth-order valence-corrected chi connectivity index (χ4v) is 3.00. The number of nitrogens with one attached hydrogen (secondary N) is 1. The number of carbonyl (C=O) groups excluding carboxylic acids is 1. The first-order valence-electron chi connectivity index (χ1n) is 7.00. The Labute approximate surface area is 122 Å². The summed E-state index contributed by atoms with van der Waals surface area (Å²) in [5.74, 6) is -0.0507. The summed E-state index contributed by atoms with van der Waals surface area (Å²) >= 11 is 0. The van der Waals surface area contributed by atoms with Crippen molar-refractivity contribution in [2.24, 2.45) is 11.1 Å². The van der Waals surface area contributed by atoms with E-state index in [9.17, 15) is 13.2 Å². The second-order valence-electron chi connectivity index (χ2n) is 6.68. The van der Waals surface area contributed by atoms with Crippen LogP contribution in [0.5, 0.6) is 0 Å². The zero-order chi connectivity index (χ0) is 15.6. The van der Waals surface area contributed by atoms with E-state index in [1.54, 1.807) is 0 Å². The third-order valence-electron chi connectivity index (χ3n) is 3.81. The van der Waals surface area contributed by atoms with E-state index in [0.29, 0.717) is 32.4 Å². The third kappa shape index (κ3) is 5.38. The minimum Gasteiger partial charge on any atom is -0.353 e. The molecular weight excluding hydrogens is 278 g/mol. The van der Waals surface area contributed by atoms with Gasteiger partial charge in [-0.1, -0.05) is 20.8 Å². The van der Waals surface area contributed by atoms with E-state index in [4.69, 9.17) is 5.73 Å². The summed E-state index contributed by atoms with van der Waals surface area (Å²) in [5.41, 5.74) is 5.89. The molecule has 1 amide bonds. The van der Waals surface area contributed by atoms with E-state index in [0.717, 1.165) is 0 Å². The number of piperidine rings is 1. The van der Waals surface area contributed by atoms with Crippen molar-refractivity contribution in [1.29, 1.82) is 0 Å². The van der Waals surface area contributed by atoms with E-state index in [1.807, 2.05) is 20.8 Å². The van der Waals surface area contributed by atoms with Crippen LogP contribution in [0.25, 0.3) is 0 Å². The second kappa shape index (κ2) is 6.41. The van der Waals surface area contributed by atoms with Crippen molar-refractivity contribution in [3.8, 4) is 0 Å². The van der Waals surface area contributed by atoms with Gasteiger partial charge in [0.05, 0.1) is 6.26 Å². The van der Waals surface area contributed by atoms with Gasteiger partial charge in [0, 0.05) is 31.6 Å². The number of sulfonamides is 1. The lowest BCUT2D eigenvalue weighted by molar-refractivity contribution is -0.122. The lowest BCUT2D eigenvalue weighted by atomic mass is 9.85. The molecule has 0 saturated carbocycles. The number of carbonyl (C=O) groups is 1. The molecular formula is C13H27N3O3S. The van der Waals surface area contributed by atoms with E-state index in [-0.39, 0.29) is 23.4 Å². The Kier molecular flexibility index (Phi) is 5.57. The Morgan fingerprint density at radius 2 is 1.85 bits per heavy atom. The maximum Gasteiger partial charge on any atom is 0.221 e. The van der Waals surface area contributed by atoms with Gasteiger partial charge in [0.2, 0.25) is 15.9 Å². The maximum absolute atomic E-state index is 11.9. The predicted molar refractivity (Wildman–Crippen MR) is 79.6 cm³/mol.